The van der Waals surface area contributed by atoms with Crippen molar-refractivity contribution in [3.63, 3.8) is 0 Å². The van der Waals surface area contributed by atoms with Crippen molar-refractivity contribution < 1.29 is 14.1 Å². The van der Waals surface area contributed by atoms with Crippen LogP contribution in [0, 0.1) is 0 Å². The normalized spacial score (nSPS) is 15.0. The molecule has 0 aliphatic carbocycles. The van der Waals surface area contributed by atoms with Gasteiger partial charge in [0.15, 0.2) is 0 Å². The molecule has 0 bridgehead atoms. The quantitative estimate of drug-likeness (QED) is 0.467. The Kier molecular flexibility index (Phi) is 9.24. The molecule has 14 heavy (non-hydrogen) atoms. The third-order valence-electron chi connectivity index (χ3n) is 1.65. The third kappa shape index (κ3) is 8.41. The first kappa shape index (κ1) is 13.8. The van der Waals surface area contributed by atoms with E-state index < -0.39 is 16.9 Å². The second kappa shape index (κ2) is 9.37. The zero-order valence-electron chi connectivity index (χ0n) is 8.78. The maximum atomic E-state index is 11.3. The summed E-state index contributed by atoms with van der Waals surface area (Å²) in [5.41, 5.74) is 0. The number of rotatable bonds is 9. The maximum Gasteiger partial charge on any atom is 0.0888 e. The lowest BCUT2D eigenvalue weighted by Crippen LogP contribution is -2.23. The van der Waals surface area contributed by atoms with Gasteiger partial charge < -0.3 is 9.84 Å². The van der Waals surface area contributed by atoms with E-state index in [1.807, 2.05) is 0 Å². The summed E-state index contributed by atoms with van der Waals surface area (Å²) >= 11 is 0. The van der Waals surface area contributed by atoms with Gasteiger partial charge in [0, 0.05) is 16.6 Å². The lowest BCUT2D eigenvalue weighted by Gasteiger charge is -2.09. The average Bonchev–Trinajstić information content (AvgIpc) is 2.15. The number of aliphatic hydroxyl groups excluding tert-OH is 1. The lowest BCUT2D eigenvalue weighted by molar-refractivity contribution is 0.0620. The van der Waals surface area contributed by atoms with Crippen molar-refractivity contribution in [2.75, 3.05) is 24.7 Å². The second-order valence-corrected chi connectivity index (χ2v) is 4.77. The van der Waals surface area contributed by atoms with E-state index in [9.17, 15) is 9.32 Å². The van der Waals surface area contributed by atoms with Gasteiger partial charge in [-0.1, -0.05) is 19.4 Å². The van der Waals surface area contributed by atoms with E-state index in [1.54, 1.807) is 6.08 Å². The Labute approximate surface area is 88.6 Å². The van der Waals surface area contributed by atoms with Gasteiger partial charge in [0.2, 0.25) is 0 Å². The van der Waals surface area contributed by atoms with Gasteiger partial charge in [0.05, 0.1) is 25.1 Å². The van der Waals surface area contributed by atoms with Crippen LogP contribution in [0.3, 0.4) is 0 Å². The lowest BCUT2D eigenvalue weighted by atomic mass is 10.4. The standard InChI is InChI=1S/C10H20O3S/c1-3-5-7-14(12)9-10(11)8-13-6-4-2/h4,10-11H,2-3,5-9H2,1H3/t10-,14-/m1/s1. The molecule has 0 aliphatic heterocycles. The summed E-state index contributed by atoms with van der Waals surface area (Å²) in [6.07, 6.45) is 3.00. The van der Waals surface area contributed by atoms with Crippen molar-refractivity contribution in [3.05, 3.63) is 12.7 Å². The van der Waals surface area contributed by atoms with Crippen LogP contribution in [0.15, 0.2) is 12.7 Å². The Morgan fingerprint density at radius 3 is 2.93 bits per heavy atom. The van der Waals surface area contributed by atoms with Crippen LogP contribution in [0.1, 0.15) is 19.8 Å². The minimum absolute atomic E-state index is 0.240. The number of aliphatic hydroxyl groups is 1. The predicted molar refractivity (Wildman–Crippen MR) is 59.8 cm³/mol. The molecular weight excluding hydrogens is 200 g/mol. The summed E-state index contributed by atoms with van der Waals surface area (Å²) in [6, 6.07) is 0. The summed E-state index contributed by atoms with van der Waals surface area (Å²) in [4.78, 5) is 0. The van der Waals surface area contributed by atoms with Gasteiger partial charge >= 0.3 is 0 Å². The summed E-state index contributed by atoms with van der Waals surface area (Å²) in [5, 5.41) is 9.39. The molecule has 84 valence electrons. The summed E-state index contributed by atoms with van der Waals surface area (Å²) in [6.45, 7) is 6.22. The molecule has 3 nitrogen and oxygen atoms in total. The number of hydrogen-bond donors (Lipinski definition) is 1. The van der Waals surface area contributed by atoms with Crippen LogP contribution in [0.5, 0.6) is 0 Å². The first-order valence-corrected chi connectivity index (χ1v) is 6.41. The molecule has 0 rings (SSSR count). The molecule has 2 atom stereocenters. The van der Waals surface area contributed by atoms with E-state index in [2.05, 4.69) is 13.5 Å². The van der Waals surface area contributed by atoms with E-state index in [1.165, 1.54) is 0 Å². The van der Waals surface area contributed by atoms with Crippen LogP contribution >= 0.6 is 0 Å². The molecule has 0 amide bonds. The molecule has 0 spiro atoms. The van der Waals surface area contributed by atoms with E-state index in [4.69, 9.17) is 4.74 Å². The fourth-order valence-corrected chi connectivity index (χ4v) is 2.24. The molecule has 0 aliphatic rings. The largest absolute Gasteiger partial charge is 0.390 e. The first-order valence-electron chi connectivity index (χ1n) is 4.92. The fraction of sp³-hybridized carbons (Fsp3) is 0.800. The molecular formula is C10H20O3S. The molecule has 0 heterocycles. The zero-order chi connectivity index (χ0) is 10.8. The van der Waals surface area contributed by atoms with Gasteiger partial charge in [0.1, 0.15) is 0 Å². The van der Waals surface area contributed by atoms with Gasteiger partial charge in [0.25, 0.3) is 0 Å². The highest BCUT2D eigenvalue weighted by Crippen LogP contribution is 1.96. The highest BCUT2D eigenvalue weighted by Gasteiger charge is 2.08. The first-order chi connectivity index (χ1) is 6.70. The Morgan fingerprint density at radius 2 is 2.36 bits per heavy atom. The van der Waals surface area contributed by atoms with E-state index in [-0.39, 0.29) is 6.61 Å². The summed E-state index contributed by atoms with van der Waals surface area (Å²) in [7, 11) is -0.911. The van der Waals surface area contributed by atoms with Gasteiger partial charge in [-0.15, -0.1) is 6.58 Å². The second-order valence-electron chi connectivity index (χ2n) is 3.14. The predicted octanol–water partition coefficient (Wildman–Crippen LogP) is 1.10. The fourth-order valence-electron chi connectivity index (χ4n) is 0.939. The Morgan fingerprint density at radius 1 is 1.64 bits per heavy atom. The minimum Gasteiger partial charge on any atom is -0.390 e. The van der Waals surface area contributed by atoms with Crippen molar-refractivity contribution in [1.29, 1.82) is 0 Å². The van der Waals surface area contributed by atoms with Crippen LogP contribution in [0.4, 0.5) is 0 Å². The molecule has 4 heteroatoms. The topological polar surface area (TPSA) is 46.5 Å². The molecule has 0 radical (unpaired) electrons. The highest BCUT2D eigenvalue weighted by atomic mass is 32.2. The Balaban J connectivity index is 3.44. The maximum absolute atomic E-state index is 11.3. The van der Waals surface area contributed by atoms with Crippen molar-refractivity contribution >= 4 is 10.8 Å². The SMILES string of the molecule is C=CCOC[C@@H](O)C[S@](=O)CCCC. The van der Waals surface area contributed by atoms with Crippen LogP contribution in [0.2, 0.25) is 0 Å². The summed E-state index contributed by atoms with van der Waals surface area (Å²) in [5.74, 6) is 0.992. The molecule has 0 unspecified atom stereocenters. The average molecular weight is 220 g/mol. The van der Waals surface area contributed by atoms with Gasteiger partial charge in [-0.3, -0.25) is 4.21 Å². The molecule has 0 aromatic rings. The monoisotopic (exact) mass is 220 g/mol. The minimum atomic E-state index is -0.911. The van der Waals surface area contributed by atoms with Crippen molar-refractivity contribution in [1.82, 2.24) is 0 Å². The van der Waals surface area contributed by atoms with Gasteiger partial charge in [-0.2, -0.15) is 0 Å². The van der Waals surface area contributed by atoms with Crippen molar-refractivity contribution in [2.24, 2.45) is 0 Å². The van der Waals surface area contributed by atoms with Crippen molar-refractivity contribution in [3.8, 4) is 0 Å². The van der Waals surface area contributed by atoms with E-state index in [0.717, 1.165) is 12.8 Å². The Hall–Kier alpha value is -0.190. The molecule has 0 saturated carbocycles. The molecule has 0 fully saturated rings. The van der Waals surface area contributed by atoms with Gasteiger partial charge in [-0.25, -0.2) is 0 Å². The van der Waals surface area contributed by atoms with E-state index >= 15 is 0 Å². The van der Waals surface area contributed by atoms with Crippen LogP contribution in [0.25, 0.3) is 0 Å². The van der Waals surface area contributed by atoms with Crippen LogP contribution in [-0.4, -0.2) is 40.1 Å². The number of unbranched alkanes of at least 4 members (excludes halogenated alkanes) is 1. The number of hydrogen-bond acceptors (Lipinski definition) is 3. The molecule has 0 saturated heterocycles. The van der Waals surface area contributed by atoms with E-state index in [0.29, 0.717) is 18.1 Å². The van der Waals surface area contributed by atoms with Crippen LogP contribution in [-0.2, 0) is 15.5 Å². The van der Waals surface area contributed by atoms with Crippen LogP contribution < -0.4 is 0 Å². The third-order valence-corrected chi connectivity index (χ3v) is 3.15. The number of ether oxygens (including phenoxy) is 1. The smallest absolute Gasteiger partial charge is 0.0888 e. The molecule has 1 N–H and O–H groups in total. The zero-order valence-corrected chi connectivity index (χ0v) is 9.59. The molecule has 0 aromatic carbocycles. The summed E-state index contributed by atoms with van der Waals surface area (Å²) < 4.78 is 16.4. The Bertz CT molecular complexity index is 171. The molecule has 0 aromatic heterocycles. The highest BCUT2D eigenvalue weighted by molar-refractivity contribution is 7.85. The van der Waals surface area contributed by atoms with Gasteiger partial charge in [-0.05, 0) is 6.42 Å². The van der Waals surface area contributed by atoms with Crippen molar-refractivity contribution in [2.45, 2.75) is 25.9 Å².